The molecule has 3 aliphatic rings. The molecule has 2 heterocycles. The summed E-state index contributed by atoms with van der Waals surface area (Å²) in [5.41, 5.74) is 10.3. The lowest BCUT2D eigenvalue weighted by atomic mass is 9.87. The van der Waals surface area contributed by atoms with Crippen molar-refractivity contribution < 1.29 is 9.47 Å². The molecule has 1 saturated carbocycles. The van der Waals surface area contributed by atoms with Gasteiger partial charge in [0, 0.05) is 41.5 Å². The Labute approximate surface area is 114 Å². The fraction of sp³-hybridized carbons (Fsp3) is 0.625. The van der Waals surface area contributed by atoms with Crippen molar-refractivity contribution in [3.63, 3.8) is 0 Å². The van der Waals surface area contributed by atoms with Gasteiger partial charge in [0.05, 0.1) is 0 Å². The van der Waals surface area contributed by atoms with Crippen molar-refractivity contribution in [1.29, 1.82) is 0 Å². The van der Waals surface area contributed by atoms with Gasteiger partial charge in [-0.15, -0.1) is 0 Å². The Kier molecular flexibility index (Phi) is 2.23. The van der Waals surface area contributed by atoms with Gasteiger partial charge in [-0.1, -0.05) is 0 Å². The molecule has 4 rings (SSSR count). The van der Waals surface area contributed by atoms with Crippen LogP contribution in [0.5, 0.6) is 11.5 Å². The van der Waals surface area contributed by atoms with E-state index in [1.165, 1.54) is 29.5 Å². The van der Waals surface area contributed by atoms with Gasteiger partial charge in [-0.25, -0.2) is 0 Å². The van der Waals surface area contributed by atoms with Crippen LogP contribution in [-0.4, -0.2) is 18.8 Å². The lowest BCUT2D eigenvalue weighted by Crippen LogP contribution is -2.22. The van der Waals surface area contributed by atoms with E-state index in [1.54, 1.807) is 0 Å². The summed E-state index contributed by atoms with van der Waals surface area (Å²) in [5, 5.41) is 0. The largest absolute Gasteiger partial charge is 0.490 e. The zero-order chi connectivity index (χ0) is 13.2. The maximum atomic E-state index is 6.12. The molecule has 0 saturated heterocycles. The van der Waals surface area contributed by atoms with Gasteiger partial charge in [0.1, 0.15) is 23.7 Å². The third-order valence-corrected chi connectivity index (χ3v) is 4.84. The molecular weight excluding hydrogens is 238 g/mol. The van der Waals surface area contributed by atoms with E-state index in [-0.39, 0.29) is 17.6 Å². The summed E-state index contributed by atoms with van der Waals surface area (Å²) >= 11 is 0. The molecule has 2 N–H and O–H groups in total. The van der Waals surface area contributed by atoms with Crippen LogP contribution >= 0.6 is 0 Å². The van der Waals surface area contributed by atoms with Gasteiger partial charge in [-0.05, 0) is 32.8 Å². The second-order valence-electron chi connectivity index (χ2n) is 6.47. The molecule has 1 aliphatic carbocycles. The van der Waals surface area contributed by atoms with Crippen LogP contribution in [0.4, 0.5) is 0 Å². The predicted octanol–water partition coefficient (Wildman–Crippen LogP) is 2.32. The van der Waals surface area contributed by atoms with Crippen molar-refractivity contribution in [2.75, 3.05) is 6.54 Å². The van der Waals surface area contributed by atoms with Crippen LogP contribution in [-0.2, 0) is 18.3 Å². The highest BCUT2D eigenvalue weighted by atomic mass is 16.5. The van der Waals surface area contributed by atoms with Crippen molar-refractivity contribution in [2.45, 2.75) is 57.2 Å². The number of rotatable bonds is 2. The fourth-order valence-corrected chi connectivity index (χ4v) is 3.69. The lowest BCUT2D eigenvalue weighted by Gasteiger charge is -2.20. The first-order chi connectivity index (χ1) is 9.13. The van der Waals surface area contributed by atoms with Gasteiger partial charge in [0.15, 0.2) is 0 Å². The van der Waals surface area contributed by atoms with Crippen LogP contribution in [0.25, 0.3) is 0 Å². The molecule has 2 unspecified atom stereocenters. The average molecular weight is 259 g/mol. The summed E-state index contributed by atoms with van der Waals surface area (Å²) in [6.07, 6.45) is 4.94. The summed E-state index contributed by atoms with van der Waals surface area (Å²) < 4.78 is 12.1. The van der Waals surface area contributed by atoms with Gasteiger partial charge in [0.25, 0.3) is 0 Å². The summed E-state index contributed by atoms with van der Waals surface area (Å²) in [7, 11) is 0. The molecule has 2 aliphatic heterocycles. The van der Waals surface area contributed by atoms with E-state index in [0.717, 1.165) is 30.9 Å². The first kappa shape index (κ1) is 11.6. The first-order valence-electron chi connectivity index (χ1n) is 7.35. The van der Waals surface area contributed by atoms with Crippen LogP contribution < -0.4 is 15.2 Å². The minimum absolute atomic E-state index is 0.174. The van der Waals surface area contributed by atoms with Crippen LogP contribution in [0, 0.1) is 0 Å². The Morgan fingerprint density at radius 1 is 1.21 bits per heavy atom. The monoisotopic (exact) mass is 259 g/mol. The first-order valence-corrected chi connectivity index (χ1v) is 7.35. The summed E-state index contributed by atoms with van der Waals surface area (Å²) in [6, 6.07) is 2.20. The molecule has 3 nitrogen and oxygen atoms in total. The van der Waals surface area contributed by atoms with Crippen LogP contribution in [0.1, 0.15) is 43.4 Å². The number of hydrogen-bond acceptors (Lipinski definition) is 3. The van der Waals surface area contributed by atoms with E-state index in [1.807, 2.05) is 0 Å². The van der Waals surface area contributed by atoms with Gasteiger partial charge < -0.3 is 15.2 Å². The quantitative estimate of drug-likeness (QED) is 0.886. The highest BCUT2D eigenvalue weighted by molar-refractivity contribution is 5.61. The average Bonchev–Trinajstić information content (AvgIpc) is 2.94. The number of benzene rings is 1. The highest BCUT2D eigenvalue weighted by Gasteiger charge is 2.49. The van der Waals surface area contributed by atoms with Gasteiger partial charge in [0.2, 0.25) is 0 Å². The third-order valence-electron chi connectivity index (χ3n) is 4.84. The van der Waals surface area contributed by atoms with Crippen LogP contribution in [0.3, 0.4) is 0 Å². The number of nitrogens with two attached hydrogens (primary N) is 1. The summed E-state index contributed by atoms with van der Waals surface area (Å²) in [6.45, 7) is 5.00. The van der Waals surface area contributed by atoms with Gasteiger partial charge in [-0.2, -0.15) is 0 Å². The minimum Gasteiger partial charge on any atom is -0.490 e. The second-order valence-corrected chi connectivity index (χ2v) is 6.47. The second kappa shape index (κ2) is 3.66. The minimum atomic E-state index is 0.174. The normalized spacial score (nSPS) is 29.4. The predicted molar refractivity (Wildman–Crippen MR) is 74.0 cm³/mol. The standard InChI is InChI=1S/C16H21NO2/c1-9-5-11-7-13-12(6-10(2)18-13)14(15(11)19-9)16(8-17)3-4-16/h7,9-10H,3-6,8,17H2,1-2H3. The van der Waals surface area contributed by atoms with Crippen molar-refractivity contribution >= 4 is 0 Å². The van der Waals surface area contributed by atoms with Gasteiger partial charge in [-0.3, -0.25) is 0 Å². The Bertz CT molecular complexity index is 512. The summed E-state index contributed by atoms with van der Waals surface area (Å²) in [4.78, 5) is 0. The van der Waals surface area contributed by atoms with Crippen molar-refractivity contribution in [2.24, 2.45) is 5.73 Å². The number of ether oxygens (including phenoxy) is 2. The molecule has 2 atom stereocenters. The van der Waals surface area contributed by atoms with E-state index in [0.29, 0.717) is 0 Å². The van der Waals surface area contributed by atoms with E-state index < -0.39 is 0 Å². The fourth-order valence-electron chi connectivity index (χ4n) is 3.69. The molecule has 1 fully saturated rings. The Hall–Kier alpha value is -1.22. The Balaban J connectivity index is 1.93. The van der Waals surface area contributed by atoms with E-state index in [9.17, 15) is 0 Å². The number of fused-ring (bicyclic) bond motifs is 2. The SMILES string of the molecule is CC1Cc2c(cc3c(c2C2(CN)CC2)OC(C)C3)O1. The lowest BCUT2D eigenvalue weighted by molar-refractivity contribution is 0.250. The van der Waals surface area contributed by atoms with E-state index in [2.05, 4.69) is 19.9 Å². The van der Waals surface area contributed by atoms with Crippen molar-refractivity contribution in [1.82, 2.24) is 0 Å². The molecule has 0 amide bonds. The van der Waals surface area contributed by atoms with Crippen LogP contribution in [0.2, 0.25) is 0 Å². The maximum Gasteiger partial charge on any atom is 0.127 e. The molecule has 0 spiro atoms. The molecule has 19 heavy (non-hydrogen) atoms. The maximum absolute atomic E-state index is 6.12. The van der Waals surface area contributed by atoms with Gasteiger partial charge >= 0.3 is 0 Å². The molecule has 1 aromatic carbocycles. The smallest absolute Gasteiger partial charge is 0.127 e. The highest BCUT2D eigenvalue weighted by Crippen LogP contribution is 2.57. The Morgan fingerprint density at radius 3 is 2.63 bits per heavy atom. The summed E-state index contributed by atoms with van der Waals surface area (Å²) in [5.74, 6) is 2.21. The third kappa shape index (κ3) is 1.54. The molecule has 102 valence electrons. The molecular formula is C16H21NO2. The van der Waals surface area contributed by atoms with Crippen molar-refractivity contribution in [3.05, 3.63) is 22.8 Å². The molecule has 0 radical (unpaired) electrons. The molecule has 0 bridgehead atoms. The Morgan fingerprint density at radius 2 is 1.95 bits per heavy atom. The van der Waals surface area contributed by atoms with E-state index >= 15 is 0 Å². The zero-order valence-corrected chi connectivity index (χ0v) is 11.7. The molecule has 1 aromatic rings. The molecule has 0 aromatic heterocycles. The van der Waals surface area contributed by atoms with Crippen LogP contribution in [0.15, 0.2) is 6.07 Å². The topological polar surface area (TPSA) is 44.5 Å². The number of hydrogen-bond donors (Lipinski definition) is 1. The molecule has 3 heteroatoms. The zero-order valence-electron chi connectivity index (χ0n) is 11.7. The van der Waals surface area contributed by atoms with Crippen molar-refractivity contribution in [3.8, 4) is 11.5 Å². The van der Waals surface area contributed by atoms with E-state index in [4.69, 9.17) is 15.2 Å².